The molecule has 0 aliphatic rings. The number of benzene rings is 4. The van der Waals surface area contributed by atoms with Crippen LogP contribution in [0.2, 0.25) is 0 Å². The van der Waals surface area contributed by atoms with Crippen molar-refractivity contribution in [2.24, 2.45) is 0 Å². The zero-order valence-corrected chi connectivity index (χ0v) is 20.4. The molecule has 0 saturated carbocycles. The van der Waals surface area contributed by atoms with Gasteiger partial charge in [0, 0.05) is 27.5 Å². The molecule has 3 aromatic heterocycles. The Morgan fingerprint density at radius 2 is 0.684 bits per heavy atom. The first kappa shape index (κ1) is 21.9. The minimum absolute atomic E-state index is 0.524. The molecular weight excluding hydrogens is 466 g/mol. The highest BCUT2D eigenvalue weighted by molar-refractivity contribution is 6.04. The van der Waals surface area contributed by atoms with Crippen molar-refractivity contribution in [2.45, 2.75) is 0 Å². The van der Waals surface area contributed by atoms with E-state index in [-0.39, 0.29) is 0 Å². The maximum atomic E-state index is 5.06. The van der Waals surface area contributed by atoms with Gasteiger partial charge in [0.2, 0.25) is 0 Å². The van der Waals surface area contributed by atoms with Crippen LogP contribution in [0.25, 0.3) is 67.4 Å². The standard InChI is InChI=1S/C33H21N5/c1-4-10-22(11-5-1)27-20-18-23-16-17-24-19-21-28(35-30(24)29(23)34-27)33-37-31(25-12-6-2-7-13-25)36-32(38-33)26-14-8-3-9-15-26/h1-21H. The monoisotopic (exact) mass is 487 g/mol. The van der Waals surface area contributed by atoms with Gasteiger partial charge in [-0.2, -0.15) is 0 Å². The lowest BCUT2D eigenvalue weighted by molar-refractivity contribution is 1.06. The second-order valence-corrected chi connectivity index (χ2v) is 9.01. The average molecular weight is 488 g/mol. The summed E-state index contributed by atoms with van der Waals surface area (Å²) in [4.78, 5) is 24.6. The number of aromatic nitrogens is 5. The molecule has 7 aromatic rings. The van der Waals surface area contributed by atoms with Crippen LogP contribution in [0.4, 0.5) is 0 Å². The summed E-state index contributed by atoms with van der Waals surface area (Å²) in [7, 11) is 0. The molecule has 0 radical (unpaired) electrons. The van der Waals surface area contributed by atoms with Gasteiger partial charge < -0.3 is 0 Å². The second kappa shape index (κ2) is 9.30. The smallest absolute Gasteiger partial charge is 0.182 e. The fourth-order valence-corrected chi connectivity index (χ4v) is 4.59. The van der Waals surface area contributed by atoms with E-state index in [1.54, 1.807) is 0 Å². The number of fused-ring (bicyclic) bond motifs is 3. The van der Waals surface area contributed by atoms with Gasteiger partial charge in [-0.15, -0.1) is 0 Å². The van der Waals surface area contributed by atoms with Crippen molar-refractivity contribution in [1.82, 2.24) is 24.9 Å². The van der Waals surface area contributed by atoms with Crippen LogP contribution >= 0.6 is 0 Å². The molecular formula is C33H21N5. The summed E-state index contributed by atoms with van der Waals surface area (Å²) in [5.41, 5.74) is 6.18. The van der Waals surface area contributed by atoms with Gasteiger partial charge in [-0.25, -0.2) is 24.9 Å². The molecule has 0 unspecified atom stereocenters. The lowest BCUT2D eigenvalue weighted by Gasteiger charge is -2.10. The molecule has 38 heavy (non-hydrogen) atoms. The zero-order chi connectivity index (χ0) is 25.3. The molecule has 0 aliphatic carbocycles. The molecule has 0 N–H and O–H groups in total. The maximum absolute atomic E-state index is 5.06. The van der Waals surface area contributed by atoms with Crippen molar-refractivity contribution in [2.75, 3.05) is 0 Å². The number of pyridine rings is 2. The lowest BCUT2D eigenvalue weighted by atomic mass is 10.1. The first-order valence-corrected chi connectivity index (χ1v) is 12.5. The van der Waals surface area contributed by atoms with E-state index in [0.717, 1.165) is 44.2 Å². The van der Waals surface area contributed by atoms with Crippen LogP contribution in [0.5, 0.6) is 0 Å². The van der Waals surface area contributed by atoms with E-state index in [4.69, 9.17) is 24.9 Å². The van der Waals surface area contributed by atoms with Crippen LogP contribution in [-0.2, 0) is 0 Å². The third kappa shape index (κ3) is 4.06. The van der Waals surface area contributed by atoms with Crippen molar-refractivity contribution >= 4 is 21.8 Å². The Balaban J connectivity index is 1.43. The third-order valence-electron chi connectivity index (χ3n) is 6.52. The van der Waals surface area contributed by atoms with Crippen LogP contribution in [0.1, 0.15) is 0 Å². The van der Waals surface area contributed by atoms with E-state index in [9.17, 15) is 0 Å². The predicted octanol–water partition coefficient (Wildman–Crippen LogP) is 7.64. The van der Waals surface area contributed by atoms with Gasteiger partial charge in [0.15, 0.2) is 17.5 Å². The summed E-state index contributed by atoms with van der Waals surface area (Å²) >= 11 is 0. The molecule has 0 bridgehead atoms. The summed E-state index contributed by atoms with van der Waals surface area (Å²) in [5, 5.41) is 2.05. The summed E-state index contributed by atoms with van der Waals surface area (Å²) in [6.45, 7) is 0. The summed E-state index contributed by atoms with van der Waals surface area (Å²) in [6.07, 6.45) is 0. The van der Waals surface area contributed by atoms with Gasteiger partial charge in [-0.05, 0) is 12.1 Å². The van der Waals surface area contributed by atoms with Crippen molar-refractivity contribution in [3.8, 4) is 45.6 Å². The molecule has 7 rings (SSSR count). The van der Waals surface area contributed by atoms with E-state index in [0.29, 0.717) is 23.2 Å². The van der Waals surface area contributed by atoms with Crippen LogP contribution in [0.3, 0.4) is 0 Å². The second-order valence-electron chi connectivity index (χ2n) is 9.01. The van der Waals surface area contributed by atoms with Crippen molar-refractivity contribution < 1.29 is 0 Å². The molecule has 0 spiro atoms. The Bertz CT molecular complexity index is 1850. The van der Waals surface area contributed by atoms with Gasteiger partial charge in [-0.3, -0.25) is 0 Å². The Morgan fingerprint density at radius 1 is 0.289 bits per heavy atom. The molecule has 3 heterocycles. The van der Waals surface area contributed by atoms with Gasteiger partial charge in [0.1, 0.15) is 5.69 Å². The molecule has 0 saturated heterocycles. The van der Waals surface area contributed by atoms with Crippen LogP contribution < -0.4 is 0 Å². The molecule has 0 amide bonds. The number of hydrogen-bond acceptors (Lipinski definition) is 5. The van der Waals surface area contributed by atoms with Gasteiger partial charge in [-0.1, -0.05) is 115 Å². The molecule has 4 aromatic carbocycles. The lowest BCUT2D eigenvalue weighted by Crippen LogP contribution is -2.01. The fraction of sp³-hybridized carbons (Fsp3) is 0. The van der Waals surface area contributed by atoms with E-state index >= 15 is 0 Å². The van der Waals surface area contributed by atoms with Gasteiger partial charge in [0.25, 0.3) is 0 Å². The quantitative estimate of drug-likeness (QED) is 0.239. The Labute approximate surface area is 219 Å². The van der Waals surface area contributed by atoms with Crippen LogP contribution in [0, 0.1) is 0 Å². The summed E-state index contributed by atoms with van der Waals surface area (Å²) < 4.78 is 0. The number of rotatable bonds is 4. The third-order valence-corrected chi connectivity index (χ3v) is 6.52. The van der Waals surface area contributed by atoms with Gasteiger partial charge in [0.05, 0.1) is 16.7 Å². The van der Waals surface area contributed by atoms with E-state index in [1.807, 2.05) is 84.9 Å². The zero-order valence-electron chi connectivity index (χ0n) is 20.4. The highest BCUT2D eigenvalue weighted by atomic mass is 15.0. The maximum Gasteiger partial charge on any atom is 0.182 e. The van der Waals surface area contributed by atoms with Gasteiger partial charge >= 0.3 is 0 Å². The molecule has 178 valence electrons. The molecule has 0 aliphatic heterocycles. The van der Waals surface area contributed by atoms with E-state index < -0.39 is 0 Å². The molecule has 0 fully saturated rings. The average Bonchev–Trinajstić information content (AvgIpc) is 3.01. The normalized spacial score (nSPS) is 11.2. The highest BCUT2D eigenvalue weighted by Crippen LogP contribution is 2.29. The summed E-state index contributed by atoms with van der Waals surface area (Å²) in [5.74, 6) is 1.74. The van der Waals surface area contributed by atoms with Crippen molar-refractivity contribution in [3.63, 3.8) is 0 Å². The molecule has 0 atom stereocenters. The minimum Gasteiger partial charge on any atom is -0.245 e. The van der Waals surface area contributed by atoms with E-state index in [2.05, 4.69) is 42.5 Å². The van der Waals surface area contributed by atoms with Crippen LogP contribution in [0.15, 0.2) is 127 Å². The van der Waals surface area contributed by atoms with Crippen molar-refractivity contribution in [1.29, 1.82) is 0 Å². The SMILES string of the molecule is c1ccc(-c2ccc3ccc4ccc(-c5nc(-c6ccccc6)nc(-c6ccccc6)n5)nc4c3n2)cc1. The van der Waals surface area contributed by atoms with Crippen molar-refractivity contribution in [3.05, 3.63) is 127 Å². The Hall–Kier alpha value is -5.29. The van der Waals surface area contributed by atoms with Crippen LogP contribution in [-0.4, -0.2) is 24.9 Å². The fourth-order valence-electron chi connectivity index (χ4n) is 4.59. The largest absolute Gasteiger partial charge is 0.245 e. The highest BCUT2D eigenvalue weighted by Gasteiger charge is 2.14. The topological polar surface area (TPSA) is 64.5 Å². The first-order valence-electron chi connectivity index (χ1n) is 12.5. The summed E-state index contributed by atoms with van der Waals surface area (Å²) in [6, 6.07) is 42.5. The number of hydrogen-bond donors (Lipinski definition) is 0. The first-order chi connectivity index (χ1) is 18.8. The molecule has 5 heteroatoms. The predicted molar refractivity (Wildman–Crippen MR) is 152 cm³/mol. The Morgan fingerprint density at radius 3 is 1.21 bits per heavy atom. The molecule has 5 nitrogen and oxygen atoms in total. The Kier molecular flexibility index (Phi) is 5.37. The number of nitrogens with zero attached hydrogens (tertiary/aromatic N) is 5. The minimum atomic E-state index is 0.524. The van der Waals surface area contributed by atoms with E-state index in [1.165, 1.54) is 0 Å².